The molecule has 2 N–H and O–H groups in total. The average Bonchev–Trinajstić information content (AvgIpc) is 3.04. The first-order valence-corrected chi connectivity index (χ1v) is 8.69. The highest BCUT2D eigenvalue weighted by atomic mass is 32.2. The first-order chi connectivity index (χ1) is 9.26. The topological polar surface area (TPSA) is 50.4 Å². The molecule has 4 nitrogen and oxygen atoms in total. The lowest BCUT2D eigenvalue weighted by atomic mass is 10.0. The molecule has 1 aliphatic carbocycles. The number of ether oxygens (including phenoxy) is 1. The van der Waals surface area contributed by atoms with Crippen LogP contribution in [-0.4, -0.2) is 49.3 Å². The van der Waals surface area contributed by atoms with E-state index in [2.05, 4.69) is 23.8 Å². The molecule has 19 heavy (non-hydrogen) atoms. The van der Waals surface area contributed by atoms with Gasteiger partial charge in [0.1, 0.15) is 0 Å². The molecule has 0 aromatic heterocycles. The largest absolute Gasteiger partial charge is 0.379 e. The van der Waals surface area contributed by atoms with Gasteiger partial charge in [-0.25, -0.2) is 0 Å². The lowest BCUT2D eigenvalue weighted by Crippen LogP contribution is -2.48. The Bertz CT molecular complexity index is 301. The van der Waals surface area contributed by atoms with E-state index < -0.39 is 0 Å². The predicted molar refractivity (Wildman–Crippen MR) is 79.5 cm³/mol. The number of carbonyl (C=O) groups excluding carboxylic acids is 1. The molecule has 2 aliphatic rings. The van der Waals surface area contributed by atoms with Crippen molar-refractivity contribution in [3.05, 3.63) is 0 Å². The molecule has 1 saturated heterocycles. The minimum Gasteiger partial charge on any atom is -0.379 e. The zero-order valence-electron chi connectivity index (χ0n) is 12.0. The van der Waals surface area contributed by atoms with Crippen molar-refractivity contribution < 1.29 is 9.53 Å². The van der Waals surface area contributed by atoms with Crippen LogP contribution in [0.1, 0.15) is 32.6 Å². The molecule has 4 unspecified atom stereocenters. The summed E-state index contributed by atoms with van der Waals surface area (Å²) in [5, 5.41) is 7.26. The van der Waals surface area contributed by atoms with E-state index in [1.54, 1.807) is 0 Å². The van der Waals surface area contributed by atoms with Crippen molar-refractivity contribution in [2.45, 2.75) is 49.9 Å². The van der Waals surface area contributed by atoms with Crippen LogP contribution in [0.5, 0.6) is 0 Å². The summed E-state index contributed by atoms with van der Waals surface area (Å²) in [5.74, 6) is 0.159. The Morgan fingerprint density at radius 3 is 2.89 bits per heavy atom. The Morgan fingerprint density at radius 1 is 1.32 bits per heavy atom. The van der Waals surface area contributed by atoms with Crippen LogP contribution < -0.4 is 10.6 Å². The van der Waals surface area contributed by atoms with Gasteiger partial charge < -0.3 is 15.4 Å². The minimum absolute atomic E-state index is 0.0188. The summed E-state index contributed by atoms with van der Waals surface area (Å²) >= 11 is 1.88. The number of hydrogen-bond donors (Lipinski definition) is 2. The molecule has 110 valence electrons. The molecule has 0 bridgehead atoms. The highest BCUT2D eigenvalue weighted by Crippen LogP contribution is 2.29. The van der Waals surface area contributed by atoms with Crippen LogP contribution in [0, 0.1) is 5.92 Å². The second-order valence-corrected chi connectivity index (χ2v) is 6.60. The summed E-state index contributed by atoms with van der Waals surface area (Å²) in [6, 6.07) is 0.545. The summed E-state index contributed by atoms with van der Waals surface area (Å²) in [5.41, 5.74) is 0. The summed E-state index contributed by atoms with van der Waals surface area (Å²) in [4.78, 5) is 12.4. The third-order valence-corrected chi connectivity index (χ3v) is 5.33. The van der Waals surface area contributed by atoms with E-state index in [0.29, 0.717) is 24.5 Å². The second-order valence-electron chi connectivity index (χ2n) is 5.52. The van der Waals surface area contributed by atoms with E-state index in [4.69, 9.17) is 4.74 Å². The molecule has 1 amide bonds. The molecule has 1 heterocycles. The molecule has 0 aromatic rings. The van der Waals surface area contributed by atoms with Crippen LogP contribution in [0.2, 0.25) is 0 Å². The zero-order valence-corrected chi connectivity index (χ0v) is 12.8. The van der Waals surface area contributed by atoms with Gasteiger partial charge in [0, 0.05) is 17.3 Å². The molecule has 0 radical (unpaired) electrons. The van der Waals surface area contributed by atoms with Crippen LogP contribution in [-0.2, 0) is 9.53 Å². The fourth-order valence-corrected chi connectivity index (χ4v) is 3.94. The lowest BCUT2D eigenvalue weighted by molar-refractivity contribution is -0.126. The van der Waals surface area contributed by atoms with E-state index >= 15 is 0 Å². The maximum atomic E-state index is 12.4. The van der Waals surface area contributed by atoms with Crippen molar-refractivity contribution in [1.82, 2.24) is 10.6 Å². The molecule has 2 rings (SSSR count). The molecular weight excluding hydrogens is 260 g/mol. The van der Waals surface area contributed by atoms with Crippen LogP contribution in [0.25, 0.3) is 0 Å². The number of amides is 1. The van der Waals surface area contributed by atoms with Crippen molar-refractivity contribution >= 4 is 17.7 Å². The van der Waals surface area contributed by atoms with Crippen molar-refractivity contribution in [3.8, 4) is 0 Å². The molecule has 2 fully saturated rings. The van der Waals surface area contributed by atoms with E-state index in [-0.39, 0.29) is 17.9 Å². The number of hydrogen-bond acceptors (Lipinski definition) is 4. The van der Waals surface area contributed by atoms with Gasteiger partial charge in [-0.3, -0.25) is 4.79 Å². The molecule has 5 heteroatoms. The third-order valence-electron chi connectivity index (χ3n) is 4.16. The number of thioether (sulfide) groups is 1. The van der Waals surface area contributed by atoms with Crippen LogP contribution in [0.3, 0.4) is 0 Å². The third kappa shape index (κ3) is 3.86. The monoisotopic (exact) mass is 286 g/mol. The van der Waals surface area contributed by atoms with Crippen molar-refractivity contribution in [3.63, 3.8) is 0 Å². The maximum absolute atomic E-state index is 12.4. The van der Waals surface area contributed by atoms with Gasteiger partial charge in [0.15, 0.2) is 0 Å². The van der Waals surface area contributed by atoms with Crippen LogP contribution in [0.4, 0.5) is 0 Å². The molecule has 1 aliphatic heterocycles. The van der Waals surface area contributed by atoms with Gasteiger partial charge in [0.05, 0.1) is 19.1 Å². The summed E-state index contributed by atoms with van der Waals surface area (Å²) in [6.07, 6.45) is 6.80. The quantitative estimate of drug-likeness (QED) is 0.775. The maximum Gasteiger partial charge on any atom is 0.227 e. The Kier molecular flexibility index (Phi) is 5.98. The molecule has 4 atom stereocenters. The van der Waals surface area contributed by atoms with E-state index in [0.717, 1.165) is 19.4 Å². The smallest absolute Gasteiger partial charge is 0.227 e. The van der Waals surface area contributed by atoms with Gasteiger partial charge in [-0.05, 0) is 32.1 Å². The fraction of sp³-hybridized carbons (Fsp3) is 0.929. The Hall–Kier alpha value is -0.260. The van der Waals surface area contributed by atoms with Gasteiger partial charge in [0.25, 0.3) is 0 Å². The van der Waals surface area contributed by atoms with Crippen molar-refractivity contribution in [1.29, 1.82) is 0 Å². The average molecular weight is 286 g/mol. The first kappa shape index (κ1) is 15.1. The van der Waals surface area contributed by atoms with E-state index in [1.807, 2.05) is 11.8 Å². The Morgan fingerprint density at radius 2 is 2.16 bits per heavy atom. The lowest BCUT2D eigenvalue weighted by Gasteiger charge is -2.23. The van der Waals surface area contributed by atoms with Gasteiger partial charge in [0.2, 0.25) is 5.91 Å². The molecule has 0 aromatic carbocycles. The van der Waals surface area contributed by atoms with Gasteiger partial charge in [-0.2, -0.15) is 11.8 Å². The molecular formula is C14H26N2O2S. The normalized spacial score (nSPS) is 34.6. The van der Waals surface area contributed by atoms with E-state index in [9.17, 15) is 4.79 Å². The second kappa shape index (κ2) is 7.50. The van der Waals surface area contributed by atoms with Crippen LogP contribution in [0.15, 0.2) is 0 Å². The predicted octanol–water partition coefficient (Wildman–Crippen LogP) is 1.40. The Balaban J connectivity index is 1.84. The van der Waals surface area contributed by atoms with Gasteiger partial charge in [-0.15, -0.1) is 0 Å². The van der Waals surface area contributed by atoms with Gasteiger partial charge in [-0.1, -0.05) is 13.3 Å². The minimum atomic E-state index is -0.0188. The van der Waals surface area contributed by atoms with Gasteiger partial charge >= 0.3 is 0 Å². The highest BCUT2D eigenvalue weighted by molar-refractivity contribution is 7.99. The standard InChI is InChI=1S/C14H26N2O2S/c1-3-7-15-12-9-18-8-10(12)14(17)16-11-5-4-6-13(11)19-2/h10-13,15H,3-9H2,1-2H3,(H,16,17). The number of carbonyl (C=O) groups is 1. The molecule has 1 saturated carbocycles. The van der Waals surface area contributed by atoms with E-state index in [1.165, 1.54) is 12.8 Å². The van der Waals surface area contributed by atoms with Crippen molar-refractivity contribution in [2.24, 2.45) is 5.92 Å². The zero-order chi connectivity index (χ0) is 13.7. The van der Waals surface area contributed by atoms with Crippen LogP contribution >= 0.6 is 11.8 Å². The molecule has 0 spiro atoms. The van der Waals surface area contributed by atoms with Crippen molar-refractivity contribution in [2.75, 3.05) is 26.0 Å². The fourth-order valence-electron chi connectivity index (χ4n) is 3.01. The summed E-state index contributed by atoms with van der Waals surface area (Å²) in [6.45, 7) is 4.31. The number of nitrogens with one attached hydrogen (secondary N) is 2. The highest BCUT2D eigenvalue weighted by Gasteiger charge is 2.36. The first-order valence-electron chi connectivity index (χ1n) is 7.40. The summed E-state index contributed by atoms with van der Waals surface area (Å²) < 4.78 is 5.48. The SMILES string of the molecule is CCCNC1COCC1C(=O)NC1CCCC1SC. The summed E-state index contributed by atoms with van der Waals surface area (Å²) in [7, 11) is 0. The number of rotatable bonds is 6. The Labute approximate surface area is 120 Å².